The second kappa shape index (κ2) is 9.80. The van der Waals surface area contributed by atoms with Gasteiger partial charge in [-0.15, -0.1) is 5.10 Å². The molecule has 0 radical (unpaired) electrons. The number of carbonyl (C=O) groups excluding carboxylic acids is 1. The summed E-state index contributed by atoms with van der Waals surface area (Å²) >= 11 is 0. The van der Waals surface area contributed by atoms with Crippen molar-refractivity contribution in [2.24, 2.45) is 7.05 Å². The smallest absolute Gasteiger partial charge is 0.350 e. The van der Waals surface area contributed by atoms with Crippen molar-refractivity contribution in [3.63, 3.8) is 0 Å². The van der Waals surface area contributed by atoms with Gasteiger partial charge in [0.1, 0.15) is 23.1 Å². The van der Waals surface area contributed by atoms with E-state index >= 15 is 4.39 Å². The van der Waals surface area contributed by atoms with Crippen LogP contribution >= 0.6 is 0 Å². The number of aryl methyl sites for hydroxylation is 2. The Bertz CT molecular complexity index is 1180. The monoisotopic (exact) mass is 440 g/mol. The zero-order valence-corrected chi connectivity index (χ0v) is 19.1. The van der Waals surface area contributed by atoms with E-state index < -0.39 is 17.4 Å². The fourth-order valence-electron chi connectivity index (χ4n) is 3.51. The maximum absolute atomic E-state index is 15.2. The van der Waals surface area contributed by atoms with E-state index in [0.717, 1.165) is 29.2 Å². The van der Waals surface area contributed by atoms with Gasteiger partial charge in [0, 0.05) is 25.2 Å². The van der Waals surface area contributed by atoms with Crippen molar-refractivity contribution in [3.8, 4) is 11.4 Å². The van der Waals surface area contributed by atoms with Crippen molar-refractivity contribution >= 4 is 11.6 Å². The highest BCUT2D eigenvalue weighted by Crippen LogP contribution is 2.28. The first kappa shape index (κ1) is 23.2. The molecule has 1 unspecified atom stereocenters. The summed E-state index contributed by atoms with van der Waals surface area (Å²) < 4.78 is 23.6. The molecule has 7 nitrogen and oxygen atoms in total. The van der Waals surface area contributed by atoms with Crippen molar-refractivity contribution in [2.75, 3.05) is 5.32 Å². The van der Waals surface area contributed by atoms with E-state index in [0.29, 0.717) is 17.9 Å². The molecule has 0 fully saturated rings. The Morgan fingerprint density at radius 1 is 1.25 bits per heavy atom. The zero-order valence-electron chi connectivity index (χ0n) is 19.1. The molecule has 1 heterocycles. The summed E-state index contributed by atoms with van der Waals surface area (Å²) in [6, 6.07) is 9.81. The van der Waals surface area contributed by atoms with Gasteiger partial charge < -0.3 is 10.1 Å². The molecule has 1 amide bonds. The van der Waals surface area contributed by atoms with Gasteiger partial charge in [0.05, 0.1) is 11.7 Å². The van der Waals surface area contributed by atoms with Gasteiger partial charge >= 0.3 is 5.69 Å². The summed E-state index contributed by atoms with van der Waals surface area (Å²) in [5.74, 6) is -0.508. The number of hydrogen-bond acceptors (Lipinski definition) is 4. The zero-order chi connectivity index (χ0) is 23.4. The molecule has 32 heavy (non-hydrogen) atoms. The minimum Gasteiger partial charge on any atom is -0.490 e. The van der Waals surface area contributed by atoms with Crippen LogP contribution in [0.5, 0.6) is 5.75 Å². The molecular weight excluding hydrogens is 411 g/mol. The molecule has 2 aromatic carbocycles. The van der Waals surface area contributed by atoms with Crippen molar-refractivity contribution in [1.29, 1.82) is 0 Å². The second-order valence-corrected chi connectivity index (χ2v) is 7.81. The lowest BCUT2D eigenvalue weighted by atomic mass is 10.1. The summed E-state index contributed by atoms with van der Waals surface area (Å²) in [4.78, 5) is 25.7. The van der Waals surface area contributed by atoms with E-state index in [2.05, 4.69) is 10.4 Å². The molecule has 0 aliphatic heterocycles. The summed E-state index contributed by atoms with van der Waals surface area (Å²) in [7, 11) is 1.59. The highest BCUT2D eigenvalue weighted by atomic mass is 19.1. The lowest BCUT2D eigenvalue weighted by molar-refractivity contribution is 0.101. The topological polar surface area (TPSA) is 78.2 Å². The third-order valence-electron chi connectivity index (χ3n) is 5.33. The third kappa shape index (κ3) is 4.74. The van der Waals surface area contributed by atoms with Gasteiger partial charge in [0.15, 0.2) is 0 Å². The van der Waals surface area contributed by atoms with Gasteiger partial charge in [-0.05, 0) is 38.0 Å². The van der Waals surface area contributed by atoms with Crippen LogP contribution in [0.4, 0.5) is 10.1 Å². The van der Waals surface area contributed by atoms with Crippen LogP contribution in [-0.2, 0) is 13.5 Å². The number of carbonyl (C=O) groups is 1. The molecule has 0 aliphatic rings. The van der Waals surface area contributed by atoms with Crippen LogP contribution < -0.4 is 15.7 Å². The van der Waals surface area contributed by atoms with E-state index in [4.69, 9.17) is 4.74 Å². The van der Waals surface area contributed by atoms with Crippen molar-refractivity contribution < 1.29 is 13.9 Å². The minimum absolute atomic E-state index is 0.0529. The summed E-state index contributed by atoms with van der Waals surface area (Å²) in [5, 5.41) is 7.06. The fraction of sp³-hybridized carbons (Fsp3) is 0.375. The van der Waals surface area contributed by atoms with Gasteiger partial charge in [0.2, 0.25) is 0 Å². The fourth-order valence-corrected chi connectivity index (χ4v) is 3.51. The summed E-state index contributed by atoms with van der Waals surface area (Å²) in [5.41, 5.74) is 1.04. The average Bonchev–Trinajstić information content (AvgIpc) is 3.04. The summed E-state index contributed by atoms with van der Waals surface area (Å²) in [6.45, 7) is 7.65. The molecule has 1 N–H and O–H groups in total. The number of ether oxygens (including phenoxy) is 1. The van der Waals surface area contributed by atoms with E-state index in [1.165, 1.54) is 10.6 Å². The predicted molar refractivity (Wildman–Crippen MR) is 122 cm³/mol. The maximum atomic E-state index is 15.2. The van der Waals surface area contributed by atoms with Crippen molar-refractivity contribution in [1.82, 2.24) is 14.3 Å². The molecule has 1 atom stereocenters. The van der Waals surface area contributed by atoms with Crippen LogP contribution in [0.15, 0.2) is 41.2 Å². The Balaban J connectivity index is 2.09. The first-order valence-electron chi connectivity index (χ1n) is 10.8. The van der Waals surface area contributed by atoms with E-state index in [9.17, 15) is 9.59 Å². The molecule has 1 aromatic heterocycles. The molecule has 170 valence electrons. The molecule has 3 aromatic rings. The minimum atomic E-state index is -0.738. The molecule has 0 saturated carbocycles. The quantitative estimate of drug-likeness (QED) is 0.563. The van der Waals surface area contributed by atoms with Gasteiger partial charge in [0.25, 0.3) is 5.91 Å². The number of anilines is 1. The third-order valence-corrected chi connectivity index (χ3v) is 5.33. The van der Waals surface area contributed by atoms with Gasteiger partial charge in [-0.2, -0.15) is 4.68 Å². The highest BCUT2D eigenvalue weighted by Gasteiger charge is 2.22. The molecule has 8 heteroatoms. The van der Waals surface area contributed by atoms with Crippen molar-refractivity contribution in [3.05, 3.63) is 69.7 Å². The van der Waals surface area contributed by atoms with Gasteiger partial charge in [-0.3, -0.25) is 9.36 Å². The number of amides is 1. The Kier molecular flexibility index (Phi) is 7.12. The van der Waals surface area contributed by atoms with E-state index in [1.807, 2.05) is 45.9 Å². The van der Waals surface area contributed by atoms with Crippen LogP contribution in [0.25, 0.3) is 5.69 Å². The van der Waals surface area contributed by atoms with E-state index in [1.54, 1.807) is 13.1 Å². The number of benzene rings is 2. The summed E-state index contributed by atoms with van der Waals surface area (Å²) in [6.07, 6.45) is 1.97. The molecule has 0 saturated heterocycles. The number of rotatable bonds is 8. The van der Waals surface area contributed by atoms with E-state index in [-0.39, 0.29) is 23.1 Å². The normalized spacial score (nSPS) is 11.9. The largest absolute Gasteiger partial charge is 0.490 e. The molecular formula is C24H29FN4O3. The van der Waals surface area contributed by atoms with Crippen LogP contribution in [0.3, 0.4) is 0 Å². The van der Waals surface area contributed by atoms with Crippen LogP contribution in [0, 0.1) is 12.7 Å². The average molecular weight is 441 g/mol. The molecule has 0 spiro atoms. The molecule has 0 aliphatic carbocycles. The Morgan fingerprint density at radius 3 is 2.59 bits per heavy atom. The first-order chi connectivity index (χ1) is 15.3. The second-order valence-electron chi connectivity index (χ2n) is 7.81. The Labute approximate surface area is 186 Å². The lowest BCUT2D eigenvalue weighted by Gasteiger charge is -2.18. The maximum Gasteiger partial charge on any atom is 0.350 e. The first-order valence-corrected chi connectivity index (χ1v) is 10.8. The highest BCUT2D eigenvalue weighted by molar-refractivity contribution is 6.06. The number of hydrogen-bond donors (Lipinski definition) is 1. The number of nitrogens with zero attached hydrogens (tertiary/aromatic N) is 3. The van der Waals surface area contributed by atoms with Gasteiger partial charge in [-0.1, -0.05) is 38.5 Å². The standard InChI is InChI=1S/C24H29FN4O3/c1-6-10-16(4)32-21-14-20(29-24(31)28(5)22(7-2)27-29)18(25)13-17(21)23(30)26-19-12-9-8-11-15(19)3/h8-9,11-14,16H,6-7,10H2,1-5H3,(H,26,30). The Morgan fingerprint density at radius 2 is 1.97 bits per heavy atom. The number of halogens is 1. The number of para-hydroxylation sites is 1. The number of nitrogens with one attached hydrogen (secondary N) is 1. The van der Waals surface area contributed by atoms with Gasteiger partial charge in [-0.25, -0.2) is 9.18 Å². The molecule has 0 bridgehead atoms. The van der Waals surface area contributed by atoms with Crippen LogP contribution in [0.2, 0.25) is 0 Å². The molecule has 3 rings (SSSR count). The number of aromatic nitrogens is 3. The predicted octanol–water partition coefficient (Wildman–Crippen LogP) is 4.40. The Hall–Kier alpha value is -3.42. The lowest BCUT2D eigenvalue weighted by Crippen LogP contribution is -2.24. The van der Waals surface area contributed by atoms with Crippen LogP contribution in [-0.4, -0.2) is 26.4 Å². The van der Waals surface area contributed by atoms with Crippen LogP contribution in [0.1, 0.15) is 55.4 Å². The SMILES string of the molecule is CCCC(C)Oc1cc(-n2nc(CC)n(C)c2=O)c(F)cc1C(=O)Nc1ccccc1C. The van der Waals surface area contributed by atoms with Crippen molar-refractivity contribution in [2.45, 2.75) is 53.1 Å².